The predicted octanol–water partition coefficient (Wildman–Crippen LogP) is 1.44. The molecule has 2 amide bonds. The molecule has 3 rings (SSSR count). The van der Waals surface area contributed by atoms with Crippen LogP contribution in [0.4, 0.5) is 4.39 Å². The van der Waals surface area contributed by atoms with Crippen LogP contribution in [0, 0.1) is 11.7 Å². The van der Waals surface area contributed by atoms with E-state index in [0.29, 0.717) is 19.5 Å². The molecule has 0 spiro atoms. The van der Waals surface area contributed by atoms with Crippen LogP contribution in [-0.4, -0.2) is 73.1 Å². The van der Waals surface area contributed by atoms with Crippen LogP contribution in [0.25, 0.3) is 0 Å². The molecule has 0 aliphatic carbocycles. The molecule has 2 fully saturated rings. The van der Waals surface area contributed by atoms with Crippen molar-refractivity contribution in [2.24, 2.45) is 5.92 Å². The Hall–Kier alpha value is -1.99. The second-order valence-electron chi connectivity index (χ2n) is 8.38. The highest BCUT2D eigenvalue weighted by atomic mass is 19.1. The first-order valence-electron chi connectivity index (χ1n) is 9.97. The third-order valence-corrected chi connectivity index (χ3v) is 5.35. The van der Waals surface area contributed by atoms with E-state index >= 15 is 0 Å². The number of ether oxygens (including phenoxy) is 1. The minimum absolute atomic E-state index is 0.00764. The fourth-order valence-corrected chi connectivity index (χ4v) is 3.87. The van der Waals surface area contributed by atoms with E-state index in [0.717, 1.165) is 38.4 Å². The molecule has 28 heavy (non-hydrogen) atoms. The van der Waals surface area contributed by atoms with Gasteiger partial charge in [0.25, 0.3) is 0 Å². The van der Waals surface area contributed by atoms with Gasteiger partial charge in [-0.15, -0.1) is 0 Å². The summed E-state index contributed by atoms with van der Waals surface area (Å²) in [6, 6.07) is 6.31. The number of carbonyl (C=O) groups excluding carboxylic acids is 2. The quantitative estimate of drug-likeness (QED) is 0.764. The Labute approximate surface area is 166 Å². The maximum atomic E-state index is 13.0. The molecule has 1 N–H and O–H groups in total. The SMILES string of the molecule is CC(C)(CN1CCOCC1)NC(=O)C1CC(=O)N(CCc2ccc(F)cc2)C1. The van der Waals surface area contributed by atoms with Gasteiger partial charge in [0.1, 0.15) is 5.82 Å². The Morgan fingerprint density at radius 3 is 2.61 bits per heavy atom. The first kappa shape index (κ1) is 20.7. The lowest BCUT2D eigenvalue weighted by Crippen LogP contribution is -2.55. The molecule has 1 aromatic rings. The highest BCUT2D eigenvalue weighted by Gasteiger charge is 2.36. The van der Waals surface area contributed by atoms with Crippen LogP contribution in [0.1, 0.15) is 25.8 Å². The molecule has 2 heterocycles. The van der Waals surface area contributed by atoms with E-state index in [1.165, 1.54) is 12.1 Å². The van der Waals surface area contributed by atoms with Crippen LogP contribution in [0.15, 0.2) is 24.3 Å². The van der Waals surface area contributed by atoms with Crippen molar-refractivity contribution in [3.8, 4) is 0 Å². The summed E-state index contributed by atoms with van der Waals surface area (Å²) >= 11 is 0. The number of carbonyl (C=O) groups is 2. The molecule has 1 unspecified atom stereocenters. The first-order chi connectivity index (χ1) is 13.3. The average molecular weight is 391 g/mol. The van der Waals surface area contributed by atoms with Crippen molar-refractivity contribution in [3.05, 3.63) is 35.6 Å². The summed E-state index contributed by atoms with van der Waals surface area (Å²) in [5, 5.41) is 3.12. The van der Waals surface area contributed by atoms with Crippen LogP contribution >= 0.6 is 0 Å². The summed E-state index contributed by atoms with van der Waals surface area (Å²) in [6.45, 7) is 8.99. The summed E-state index contributed by atoms with van der Waals surface area (Å²) in [5.74, 6) is -0.633. The number of halogens is 1. The molecule has 2 aliphatic rings. The Bertz CT molecular complexity index is 687. The first-order valence-corrected chi connectivity index (χ1v) is 9.97. The fourth-order valence-electron chi connectivity index (χ4n) is 3.87. The van der Waals surface area contributed by atoms with E-state index in [1.54, 1.807) is 17.0 Å². The number of amides is 2. The molecule has 0 aromatic heterocycles. The molecule has 1 atom stereocenters. The third-order valence-electron chi connectivity index (χ3n) is 5.35. The van der Waals surface area contributed by atoms with Gasteiger partial charge in [-0.3, -0.25) is 14.5 Å². The number of hydrogen-bond donors (Lipinski definition) is 1. The van der Waals surface area contributed by atoms with Gasteiger partial charge in [-0.05, 0) is 38.0 Å². The zero-order valence-electron chi connectivity index (χ0n) is 16.7. The zero-order chi connectivity index (χ0) is 20.1. The van der Waals surface area contributed by atoms with Crippen LogP contribution < -0.4 is 5.32 Å². The minimum atomic E-state index is -0.362. The summed E-state index contributed by atoms with van der Waals surface area (Å²) in [7, 11) is 0. The highest BCUT2D eigenvalue weighted by Crippen LogP contribution is 2.20. The third kappa shape index (κ3) is 5.75. The van der Waals surface area contributed by atoms with Crippen LogP contribution in [0.5, 0.6) is 0 Å². The summed E-state index contributed by atoms with van der Waals surface area (Å²) in [4.78, 5) is 29.1. The number of likely N-dealkylation sites (tertiary alicyclic amines) is 1. The van der Waals surface area contributed by atoms with Gasteiger partial charge < -0.3 is 15.0 Å². The van der Waals surface area contributed by atoms with E-state index in [2.05, 4.69) is 10.2 Å². The number of nitrogens with one attached hydrogen (secondary N) is 1. The van der Waals surface area contributed by atoms with Crippen molar-refractivity contribution >= 4 is 11.8 Å². The maximum absolute atomic E-state index is 13.0. The average Bonchev–Trinajstić information content (AvgIpc) is 3.02. The molecule has 2 aliphatic heterocycles. The van der Waals surface area contributed by atoms with Crippen molar-refractivity contribution in [1.29, 1.82) is 0 Å². The van der Waals surface area contributed by atoms with Crippen LogP contribution in [0.3, 0.4) is 0 Å². The largest absolute Gasteiger partial charge is 0.379 e. The molecule has 2 saturated heterocycles. The molecule has 154 valence electrons. The minimum Gasteiger partial charge on any atom is -0.379 e. The standard InChI is InChI=1S/C21H30FN3O3/c1-21(2,15-24-9-11-28-12-10-24)23-20(27)17-13-19(26)25(14-17)8-7-16-3-5-18(22)6-4-16/h3-6,17H,7-15H2,1-2H3,(H,23,27). The van der Waals surface area contributed by atoms with Crippen molar-refractivity contribution < 1.29 is 18.7 Å². The summed E-state index contributed by atoms with van der Waals surface area (Å²) in [5.41, 5.74) is 0.618. The molecular weight excluding hydrogens is 361 g/mol. The lowest BCUT2D eigenvalue weighted by molar-refractivity contribution is -0.129. The Balaban J connectivity index is 1.47. The molecule has 1 aromatic carbocycles. The molecular formula is C21H30FN3O3. The second kappa shape index (κ2) is 9.01. The fraction of sp³-hybridized carbons (Fsp3) is 0.619. The summed E-state index contributed by atoms with van der Waals surface area (Å²) < 4.78 is 18.4. The second-order valence-corrected chi connectivity index (χ2v) is 8.38. The smallest absolute Gasteiger partial charge is 0.225 e. The topological polar surface area (TPSA) is 61.9 Å². The maximum Gasteiger partial charge on any atom is 0.225 e. The number of nitrogens with zero attached hydrogens (tertiary/aromatic N) is 2. The van der Waals surface area contributed by atoms with E-state index in [1.807, 2.05) is 13.8 Å². The molecule has 7 heteroatoms. The number of rotatable bonds is 7. The van der Waals surface area contributed by atoms with Crippen molar-refractivity contribution in [1.82, 2.24) is 15.1 Å². The van der Waals surface area contributed by atoms with Gasteiger partial charge in [0.2, 0.25) is 11.8 Å². The van der Waals surface area contributed by atoms with Gasteiger partial charge in [-0.1, -0.05) is 12.1 Å². The van der Waals surface area contributed by atoms with Crippen LogP contribution in [-0.2, 0) is 20.7 Å². The lowest BCUT2D eigenvalue weighted by atomic mass is 10.0. The lowest BCUT2D eigenvalue weighted by Gasteiger charge is -2.36. The molecule has 0 bridgehead atoms. The van der Waals surface area contributed by atoms with Gasteiger partial charge in [0.15, 0.2) is 0 Å². The van der Waals surface area contributed by atoms with E-state index in [-0.39, 0.29) is 35.5 Å². The molecule has 6 nitrogen and oxygen atoms in total. The monoisotopic (exact) mass is 391 g/mol. The van der Waals surface area contributed by atoms with E-state index < -0.39 is 0 Å². The normalized spacial score (nSPS) is 21.2. The molecule has 0 saturated carbocycles. The Kier molecular flexibility index (Phi) is 6.67. The van der Waals surface area contributed by atoms with Gasteiger partial charge in [-0.25, -0.2) is 4.39 Å². The number of benzene rings is 1. The number of hydrogen-bond acceptors (Lipinski definition) is 4. The van der Waals surface area contributed by atoms with Crippen LogP contribution in [0.2, 0.25) is 0 Å². The Morgan fingerprint density at radius 1 is 1.25 bits per heavy atom. The Morgan fingerprint density at radius 2 is 1.93 bits per heavy atom. The van der Waals surface area contributed by atoms with Gasteiger partial charge >= 0.3 is 0 Å². The predicted molar refractivity (Wildman–Crippen MR) is 104 cm³/mol. The van der Waals surface area contributed by atoms with Crippen molar-refractivity contribution in [2.75, 3.05) is 45.9 Å². The van der Waals surface area contributed by atoms with E-state index in [4.69, 9.17) is 4.74 Å². The van der Waals surface area contributed by atoms with Crippen molar-refractivity contribution in [3.63, 3.8) is 0 Å². The van der Waals surface area contributed by atoms with Gasteiger partial charge in [0, 0.05) is 44.7 Å². The van der Waals surface area contributed by atoms with Gasteiger partial charge in [0.05, 0.1) is 19.1 Å². The number of morpholine rings is 1. The molecule has 0 radical (unpaired) electrons. The van der Waals surface area contributed by atoms with E-state index in [9.17, 15) is 14.0 Å². The zero-order valence-corrected chi connectivity index (χ0v) is 16.7. The van der Waals surface area contributed by atoms with Gasteiger partial charge in [-0.2, -0.15) is 0 Å². The van der Waals surface area contributed by atoms with Crippen molar-refractivity contribution in [2.45, 2.75) is 32.2 Å². The summed E-state index contributed by atoms with van der Waals surface area (Å²) in [6.07, 6.45) is 0.909. The highest BCUT2D eigenvalue weighted by molar-refractivity contribution is 5.89.